The number of hydrogen-bond donors (Lipinski definition) is 0. The zero-order valence-corrected chi connectivity index (χ0v) is 17.5. The van der Waals surface area contributed by atoms with Crippen molar-refractivity contribution >= 4 is 21.9 Å². The molecule has 4 aromatic rings. The number of hydrogen-bond acceptors (Lipinski definition) is 5. The lowest BCUT2D eigenvalue weighted by molar-refractivity contribution is -0.0977. The van der Waals surface area contributed by atoms with Gasteiger partial charge in [0.25, 0.3) is 5.92 Å². The molecule has 9 heteroatoms. The summed E-state index contributed by atoms with van der Waals surface area (Å²) >= 11 is 0. The molecule has 32 heavy (non-hydrogen) atoms. The predicted molar refractivity (Wildman–Crippen MR) is 118 cm³/mol. The van der Waals surface area contributed by atoms with Gasteiger partial charge in [0.1, 0.15) is 6.04 Å². The Morgan fingerprint density at radius 2 is 2.00 bits per heavy atom. The first-order valence-electron chi connectivity index (χ1n) is 11.6. The second-order valence-corrected chi connectivity index (χ2v) is 8.10. The largest absolute Gasteiger partial charge is 0.481 e. The fraction of sp³-hybridized carbons (Fsp3) is 0.348. The summed E-state index contributed by atoms with van der Waals surface area (Å²) in [5, 5.41) is 0.408. The number of ether oxygens (including phenoxy) is 1. The second-order valence-electron chi connectivity index (χ2n) is 8.10. The molecule has 1 saturated heterocycles. The Morgan fingerprint density at radius 3 is 2.69 bits per heavy atom. The minimum Gasteiger partial charge on any atom is -0.481 e. The van der Waals surface area contributed by atoms with E-state index in [1.54, 1.807) is 43.6 Å². The van der Waals surface area contributed by atoms with E-state index in [2.05, 4.69) is 9.97 Å². The monoisotopic (exact) mass is 442 g/mol. The molecule has 0 spiro atoms. The number of nitrogens with zero attached hydrogens (tertiary/aromatic N) is 5. The standard InChI is InChI=1S/C23H23F2N5O2/c1-28-9-8-19(23(24,25)13-28)30-21-16-10-14(15-5-7-20(32-3)27-11-15)4-6-17(16)26-12-18(21)29(2)22(30)31/h4-7,10-12,19H,8-9,13H2,1-3H3/t19-/m0/s1/i2D3. The molecule has 1 aliphatic heterocycles. The molecular formula is C23H23F2N5O2. The molecule has 1 fully saturated rings. The Hall–Kier alpha value is -3.33. The van der Waals surface area contributed by atoms with Crippen molar-refractivity contribution in [2.24, 2.45) is 6.98 Å². The van der Waals surface area contributed by atoms with E-state index in [1.807, 2.05) is 0 Å². The Balaban J connectivity index is 1.83. The van der Waals surface area contributed by atoms with Crippen LogP contribution in [0.1, 0.15) is 16.6 Å². The number of aromatic nitrogens is 4. The highest BCUT2D eigenvalue weighted by atomic mass is 19.3. The quantitative estimate of drug-likeness (QED) is 0.486. The van der Waals surface area contributed by atoms with Gasteiger partial charge in [-0.1, -0.05) is 6.07 Å². The van der Waals surface area contributed by atoms with E-state index < -0.39 is 31.2 Å². The van der Waals surface area contributed by atoms with Crippen LogP contribution in [0.3, 0.4) is 0 Å². The zero-order chi connectivity index (χ0) is 25.1. The number of fused-ring (bicyclic) bond motifs is 3. The summed E-state index contributed by atoms with van der Waals surface area (Å²) in [5.74, 6) is -2.80. The van der Waals surface area contributed by atoms with Crippen LogP contribution in [0.25, 0.3) is 33.1 Å². The summed E-state index contributed by atoms with van der Waals surface area (Å²) < 4.78 is 60.9. The van der Waals surface area contributed by atoms with Gasteiger partial charge in [-0.15, -0.1) is 0 Å². The van der Waals surface area contributed by atoms with Crippen LogP contribution in [0.15, 0.2) is 47.5 Å². The Kier molecular flexibility index (Phi) is 3.97. The lowest BCUT2D eigenvalue weighted by atomic mass is 10.00. The molecule has 0 amide bonds. The van der Waals surface area contributed by atoms with Crippen molar-refractivity contribution in [1.82, 2.24) is 24.0 Å². The van der Waals surface area contributed by atoms with Crippen LogP contribution in [-0.2, 0) is 6.98 Å². The third-order valence-corrected chi connectivity index (χ3v) is 6.04. The molecule has 0 bridgehead atoms. The van der Waals surface area contributed by atoms with Crippen LogP contribution < -0.4 is 10.4 Å². The number of piperidine rings is 1. The van der Waals surface area contributed by atoms with Crippen LogP contribution in [0.2, 0.25) is 0 Å². The fourth-order valence-corrected chi connectivity index (χ4v) is 4.45. The molecule has 1 aromatic carbocycles. The lowest BCUT2D eigenvalue weighted by Gasteiger charge is -2.37. The van der Waals surface area contributed by atoms with Gasteiger partial charge < -0.3 is 9.64 Å². The number of rotatable bonds is 3. The minimum atomic E-state index is -3.24. The number of benzene rings is 1. The highest BCUT2D eigenvalue weighted by Crippen LogP contribution is 2.39. The average molecular weight is 442 g/mol. The molecule has 0 unspecified atom stereocenters. The number of methoxy groups -OCH3 is 1. The molecule has 0 aliphatic carbocycles. The summed E-state index contributed by atoms with van der Waals surface area (Å²) in [4.78, 5) is 23.5. The topological polar surface area (TPSA) is 65.2 Å². The van der Waals surface area contributed by atoms with Gasteiger partial charge in [0.2, 0.25) is 5.88 Å². The lowest BCUT2D eigenvalue weighted by Crippen LogP contribution is -2.49. The smallest absolute Gasteiger partial charge is 0.329 e. The van der Waals surface area contributed by atoms with E-state index in [0.29, 0.717) is 33.5 Å². The van der Waals surface area contributed by atoms with Gasteiger partial charge in [-0.25, -0.2) is 18.6 Å². The summed E-state index contributed by atoms with van der Waals surface area (Å²) in [6, 6.07) is 7.24. The molecule has 0 saturated carbocycles. The Labute approximate surface area is 187 Å². The van der Waals surface area contributed by atoms with Gasteiger partial charge in [-0.3, -0.25) is 14.1 Å². The van der Waals surface area contributed by atoms with E-state index in [4.69, 9.17) is 8.85 Å². The molecule has 0 radical (unpaired) electrons. The second kappa shape index (κ2) is 7.37. The predicted octanol–water partition coefficient (Wildman–Crippen LogP) is 3.47. The van der Waals surface area contributed by atoms with Crippen LogP contribution >= 0.6 is 0 Å². The molecular weight excluding hydrogens is 416 g/mol. The third kappa shape index (κ3) is 3.15. The van der Waals surface area contributed by atoms with Gasteiger partial charge in [-0.05, 0) is 37.2 Å². The van der Waals surface area contributed by atoms with Crippen LogP contribution in [-0.4, -0.2) is 57.2 Å². The summed E-state index contributed by atoms with van der Waals surface area (Å²) in [5.41, 5.74) is 1.02. The number of imidazole rings is 1. The van der Waals surface area contributed by atoms with Gasteiger partial charge >= 0.3 is 5.69 Å². The molecule has 1 atom stereocenters. The van der Waals surface area contributed by atoms with Crippen LogP contribution in [0.5, 0.6) is 5.88 Å². The third-order valence-electron chi connectivity index (χ3n) is 6.04. The van der Waals surface area contributed by atoms with Crippen LogP contribution in [0, 0.1) is 0 Å². The van der Waals surface area contributed by atoms with Crippen molar-refractivity contribution in [3.63, 3.8) is 0 Å². The van der Waals surface area contributed by atoms with Gasteiger partial charge in [-0.2, -0.15) is 0 Å². The highest BCUT2D eigenvalue weighted by Gasteiger charge is 2.46. The van der Waals surface area contributed by atoms with E-state index in [0.717, 1.165) is 10.1 Å². The maximum Gasteiger partial charge on any atom is 0.329 e. The highest BCUT2D eigenvalue weighted by molar-refractivity contribution is 6.04. The van der Waals surface area contributed by atoms with Crippen molar-refractivity contribution in [3.05, 3.63) is 53.2 Å². The van der Waals surface area contributed by atoms with Crippen molar-refractivity contribution in [2.75, 3.05) is 27.2 Å². The minimum absolute atomic E-state index is 0.00454. The molecule has 0 N–H and O–H groups in total. The number of pyridine rings is 2. The molecule has 7 nitrogen and oxygen atoms in total. The molecule has 3 aromatic heterocycles. The zero-order valence-electron chi connectivity index (χ0n) is 20.5. The van der Waals surface area contributed by atoms with Crippen molar-refractivity contribution in [3.8, 4) is 17.0 Å². The normalized spacial score (nSPS) is 20.8. The number of alkyl halides is 2. The first-order chi connectivity index (χ1) is 16.5. The van der Waals surface area contributed by atoms with E-state index in [9.17, 15) is 4.79 Å². The first-order valence-corrected chi connectivity index (χ1v) is 10.1. The van der Waals surface area contributed by atoms with E-state index >= 15 is 8.78 Å². The van der Waals surface area contributed by atoms with Crippen molar-refractivity contribution in [1.29, 1.82) is 0 Å². The Bertz CT molecular complexity index is 1480. The van der Waals surface area contributed by atoms with Crippen molar-refractivity contribution in [2.45, 2.75) is 18.4 Å². The van der Waals surface area contributed by atoms with Crippen molar-refractivity contribution < 1.29 is 17.6 Å². The number of aryl methyl sites for hydroxylation is 1. The summed E-state index contributed by atoms with van der Waals surface area (Å²) in [6.07, 6.45) is 2.87. The number of likely N-dealkylation sites (tertiary alicyclic amines) is 1. The molecule has 5 rings (SSSR count). The molecule has 4 heterocycles. The van der Waals surface area contributed by atoms with Gasteiger partial charge in [0.15, 0.2) is 0 Å². The van der Waals surface area contributed by atoms with Gasteiger partial charge in [0.05, 0.1) is 36.4 Å². The maximum absolute atomic E-state index is 15.2. The van der Waals surface area contributed by atoms with Crippen LogP contribution in [0.4, 0.5) is 8.78 Å². The van der Waals surface area contributed by atoms with E-state index in [-0.39, 0.29) is 17.5 Å². The average Bonchev–Trinajstić information content (AvgIpc) is 3.10. The first kappa shape index (κ1) is 17.3. The number of halogens is 2. The summed E-state index contributed by atoms with van der Waals surface area (Å²) in [7, 11) is 3.10. The maximum atomic E-state index is 15.2. The summed E-state index contributed by atoms with van der Waals surface area (Å²) in [6.45, 7) is -3.05. The fourth-order valence-electron chi connectivity index (χ4n) is 4.45. The van der Waals surface area contributed by atoms with Gasteiger partial charge in [0, 0.05) is 40.8 Å². The molecule has 166 valence electrons. The Morgan fingerprint density at radius 1 is 1.19 bits per heavy atom. The van der Waals surface area contributed by atoms with E-state index in [1.165, 1.54) is 18.2 Å². The molecule has 1 aliphatic rings. The SMILES string of the molecule is [2H]C([2H])([2H])n1c(=O)n([C@H]2CCN(C)CC2(F)F)c2c3cc(-c4ccc(OC)nc4)ccc3ncc21.